The summed E-state index contributed by atoms with van der Waals surface area (Å²) >= 11 is 0. The Hall–Kier alpha value is -0.820. The van der Waals surface area contributed by atoms with Gasteiger partial charge in [0, 0.05) is 12.1 Å². The summed E-state index contributed by atoms with van der Waals surface area (Å²) in [7, 11) is 0. The average Bonchev–Trinajstić information content (AvgIpc) is 2.17. The Balaban J connectivity index is 2.58. The highest BCUT2D eigenvalue weighted by Gasteiger charge is 2.13. The van der Waals surface area contributed by atoms with Gasteiger partial charge in [-0.3, -0.25) is 0 Å². The summed E-state index contributed by atoms with van der Waals surface area (Å²) < 4.78 is 0. The van der Waals surface area contributed by atoms with E-state index >= 15 is 0 Å². The van der Waals surface area contributed by atoms with Crippen LogP contribution in [-0.4, -0.2) is 5.54 Å². The largest absolute Gasteiger partial charge is 0.308 e. The molecule has 0 spiro atoms. The number of hydrogen-bond donors (Lipinski definition) is 1. The van der Waals surface area contributed by atoms with E-state index in [4.69, 9.17) is 0 Å². The second-order valence-electron chi connectivity index (χ2n) is 4.52. The first-order chi connectivity index (χ1) is 6.55. The SMILES string of the molecule is CCC(C)(C)NCc1ccccc1C. The van der Waals surface area contributed by atoms with E-state index in [-0.39, 0.29) is 5.54 Å². The monoisotopic (exact) mass is 191 g/mol. The van der Waals surface area contributed by atoms with E-state index in [0.29, 0.717) is 0 Å². The van der Waals surface area contributed by atoms with Crippen molar-refractivity contribution in [3.05, 3.63) is 35.4 Å². The molecule has 0 saturated carbocycles. The van der Waals surface area contributed by atoms with Gasteiger partial charge in [0.15, 0.2) is 0 Å². The van der Waals surface area contributed by atoms with Crippen LogP contribution in [-0.2, 0) is 6.54 Å². The topological polar surface area (TPSA) is 12.0 Å². The fraction of sp³-hybridized carbons (Fsp3) is 0.538. The highest BCUT2D eigenvalue weighted by molar-refractivity contribution is 5.25. The first kappa shape index (κ1) is 11.3. The summed E-state index contributed by atoms with van der Waals surface area (Å²) in [6.07, 6.45) is 1.15. The third kappa shape index (κ3) is 3.15. The van der Waals surface area contributed by atoms with Gasteiger partial charge in [-0.25, -0.2) is 0 Å². The predicted octanol–water partition coefficient (Wildman–Crippen LogP) is 3.27. The minimum absolute atomic E-state index is 0.238. The molecule has 0 radical (unpaired) electrons. The molecule has 14 heavy (non-hydrogen) atoms. The maximum absolute atomic E-state index is 3.57. The summed E-state index contributed by atoms with van der Waals surface area (Å²) in [4.78, 5) is 0. The Morgan fingerprint density at radius 3 is 2.43 bits per heavy atom. The molecule has 1 nitrogen and oxygen atoms in total. The van der Waals surface area contributed by atoms with Crippen molar-refractivity contribution < 1.29 is 0 Å². The number of aryl methyl sites for hydroxylation is 1. The molecule has 0 aliphatic carbocycles. The first-order valence-electron chi connectivity index (χ1n) is 5.35. The molecule has 78 valence electrons. The van der Waals surface area contributed by atoms with Crippen molar-refractivity contribution in [2.45, 2.75) is 46.2 Å². The molecule has 0 heterocycles. The molecule has 0 fully saturated rings. The summed E-state index contributed by atoms with van der Waals surface area (Å²) in [5.41, 5.74) is 3.00. The van der Waals surface area contributed by atoms with Gasteiger partial charge in [-0.1, -0.05) is 31.2 Å². The third-order valence-electron chi connectivity index (χ3n) is 2.90. The molecule has 0 aliphatic rings. The number of hydrogen-bond acceptors (Lipinski definition) is 1. The van der Waals surface area contributed by atoms with Crippen molar-refractivity contribution in [1.29, 1.82) is 0 Å². The fourth-order valence-corrected chi connectivity index (χ4v) is 1.27. The van der Waals surface area contributed by atoms with Crippen molar-refractivity contribution in [1.82, 2.24) is 5.32 Å². The van der Waals surface area contributed by atoms with Gasteiger partial charge in [-0.05, 0) is 38.3 Å². The molecular weight excluding hydrogens is 170 g/mol. The van der Waals surface area contributed by atoms with Crippen LogP contribution in [0.15, 0.2) is 24.3 Å². The molecular formula is C13H21N. The molecule has 0 aliphatic heterocycles. The van der Waals surface area contributed by atoms with Gasteiger partial charge in [0.2, 0.25) is 0 Å². The van der Waals surface area contributed by atoms with Gasteiger partial charge in [-0.2, -0.15) is 0 Å². The molecule has 1 N–H and O–H groups in total. The minimum Gasteiger partial charge on any atom is -0.308 e. The van der Waals surface area contributed by atoms with Gasteiger partial charge in [0.05, 0.1) is 0 Å². The van der Waals surface area contributed by atoms with Crippen molar-refractivity contribution in [2.75, 3.05) is 0 Å². The molecule has 1 rings (SSSR count). The van der Waals surface area contributed by atoms with Gasteiger partial charge in [0.25, 0.3) is 0 Å². The van der Waals surface area contributed by atoms with E-state index in [1.54, 1.807) is 0 Å². The van der Waals surface area contributed by atoms with Crippen molar-refractivity contribution in [2.24, 2.45) is 0 Å². The molecule has 1 aromatic rings. The highest BCUT2D eigenvalue weighted by atomic mass is 14.9. The van der Waals surface area contributed by atoms with E-state index < -0.39 is 0 Å². The fourth-order valence-electron chi connectivity index (χ4n) is 1.27. The Labute approximate surface area is 87.5 Å². The lowest BCUT2D eigenvalue weighted by atomic mass is 10.0. The predicted molar refractivity (Wildman–Crippen MR) is 62.4 cm³/mol. The number of rotatable bonds is 4. The maximum atomic E-state index is 3.57. The summed E-state index contributed by atoms with van der Waals surface area (Å²) in [5, 5.41) is 3.57. The quantitative estimate of drug-likeness (QED) is 0.770. The molecule has 0 amide bonds. The lowest BCUT2D eigenvalue weighted by molar-refractivity contribution is 0.374. The zero-order valence-electron chi connectivity index (χ0n) is 9.72. The lowest BCUT2D eigenvalue weighted by Crippen LogP contribution is -2.37. The Bertz CT molecular complexity index is 289. The van der Waals surface area contributed by atoms with Gasteiger partial charge in [0.1, 0.15) is 0 Å². The van der Waals surface area contributed by atoms with Crippen molar-refractivity contribution in [3.63, 3.8) is 0 Å². The molecule has 0 aromatic heterocycles. The van der Waals surface area contributed by atoms with Crippen LogP contribution in [0.1, 0.15) is 38.3 Å². The summed E-state index contributed by atoms with van der Waals surface area (Å²) in [5.74, 6) is 0. The Morgan fingerprint density at radius 2 is 1.86 bits per heavy atom. The zero-order chi connectivity index (χ0) is 10.6. The molecule has 0 saturated heterocycles. The van der Waals surface area contributed by atoms with Crippen LogP contribution < -0.4 is 5.32 Å². The lowest BCUT2D eigenvalue weighted by Gasteiger charge is -2.25. The van der Waals surface area contributed by atoms with Crippen LogP contribution >= 0.6 is 0 Å². The zero-order valence-corrected chi connectivity index (χ0v) is 9.72. The van der Waals surface area contributed by atoms with E-state index in [9.17, 15) is 0 Å². The number of nitrogens with one attached hydrogen (secondary N) is 1. The van der Waals surface area contributed by atoms with Gasteiger partial charge < -0.3 is 5.32 Å². The maximum Gasteiger partial charge on any atom is 0.0213 e. The van der Waals surface area contributed by atoms with Crippen LogP contribution in [0, 0.1) is 6.92 Å². The van der Waals surface area contributed by atoms with Gasteiger partial charge in [-0.15, -0.1) is 0 Å². The van der Waals surface area contributed by atoms with Crippen molar-refractivity contribution in [3.8, 4) is 0 Å². The molecule has 0 atom stereocenters. The average molecular weight is 191 g/mol. The highest BCUT2D eigenvalue weighted by Crippen LogP contribution is 2.11. The normalized spacial score (nSPS) is 11.7. The summed E-state index contributed by atoms with van der Waals surface area (Å²) in [6, 6.07) is 8.54. The second-order valence-corrected chi connectivity index (χ2v) is 4.52. The smallest absolute Gasteiger partial charge is 0.0213 e. The first-order valence-corrected chi connectivity index (χ1v) is 5.35. The minimum atomic E-state index is 0.238. The summed E-state index contributed by atoms with van der Waals surface area (Å²) in [6.45, 7) is 9.82. The van der Waals surface area contributed by atoms with E-state index in [0.717, 1.165) is 13.0 Å². The third-order valence-corrected chi connectivity index (χ3v) is 2.90. The molecule has 1 heteroatoms. The number of benzene rings is 1. The molecule has 1 aromatic carbocycles. The second kappa shape index (κ2) is 4.61. The van der Waals surface area contributed by atoms with Crippen LogP contribution in [0.3, 0.4) is 0 Å². The Kier molecular flexibility index (Phi) is 3.70. The molecule has 0 unspecified atom stereocenters. The van der Waals surface area contributed by atoms with E-state index in [2.05, 4.69) is 57.3 Å². The van der Waals surface area contributed by atoms with Crippen LogP contribution in [0.25, 0.3) is 0 Å². The molecule has 0 bridgehead atoms. The Morgan fingerprint density at radius 1 is 1.21 bits per heavy atom. The van der Waals surface area contributed by atoms with Crippen molar-refractivity contribution >= 4 is 0 Å². The van der Waals surface area contributed by atoms with Crippen LogP contribution in [0.2, 0.25) is 0 Å². The van der Waals surface area contributed by atoms with Gasteiger partial charge >= 0.3 is 0 Å². The van der Waals surface area contributed by atoms with E-state index in [1.165, 1.54) is 11.1 Å². The van der Waals surface area contributed by atoms with E-state index in [1.807, 2.05) is 0 Å². The van der Waals surface area contributed by atoms with Crippen LogP contribution in [0.4, 0.5) is 0 Å². The standard InChI is InChI=1S/C13H21N/c1-5-13(3,4)14-10-12-9-7-6-8-11(12)2/h6-9,14H,5,10H2,1-4H3. The van der Waals surface area contributed by atoms with Crippen LogP contribution in [0.5, 0.6) is 0 Å².